The Hall–Kier alpha value is -3.34. The van der Waals surface area contributed by atoms with E-state index in [0.29, 0.717) is 30.4 Å². The predicted molar refractivity (Wildman–Crippen MR) is 157 cm³/mol. The molecule has 1 atom stereocenters. The van der Waals surface area contributed by atoms with Gasteiger partial charge in [0.05, 0.1) is 16.9 Å². The van der Waals surface area contributed by atoms with Gasteiger partial charge in [0.1, 0.15) is 0 Å². The van der Waals surface area contributed by atoms with Gasteiger partial charge in [-0.3, -0.25) is 14.6 Å². The molecular weight excluding hydrogens is 524 g/mol. The molecule has 212 valence electrons. The topological polar surface area (TPSA) is 90.9 Å². The first-order chi connectivity index (χ1) is 19.6. The van der Waals surface area contributed by atoms with Gasteiger partial charge < -0.3 is 15.0 Å². The van der Waals surface area contributed by atoms with Crippen molar-refractivity contribution in [2.24, 2.45) is 0 Å². The zero-order valence-corrected chi connectivity index (χ0v) is 23.9. The van der Waals surface area contributed by atoms with Crippen LogP contribution in [0.4, 0.5) is 10.5 Å². The van der Waals surface area contributed by atoms with Crippen molar-refractivity contribution in [1.29, 1.82) is 0 Å². The van der Waals surface area contributed by atoms with E-state index in [-0.39, 0.29) is 11.8 Å². The fourth-order valence-electron chi connectivity index (χ4n) is 5.38. The minimum Gasteiger partial charge on any atom is -0.391 e. The van der Waals surface area contributed by atoms with Crippen LogP contribution in [0.5, 0.6) is 5.88 Å². The van der Waals surface area contributed by atoms with E-state index in [1.54, 1.807) is 28.4 Å². The maximum Gasteiger partial charge on any atom is 0.416 e. The monoisotopic (exact) mass is 562 g/mol. The minimum absolute atomic E-state index is 0.199. The number of carbonyl (C=O) groups is 2. The number of anilines is 1. The van der Waals surface area contributed by atoms with Crippen LogP contribution in [0.25, 0.3) is 0 Å². The standard InChI is InChI=1S/C30H38N6O3S/c1-2-26-5-3-4-14-36(26)22-23-6-8-24(9-7-23)29(37)33-25-10-11-27(32-21-25)39-30(38)35-18-16-34(17-19-35)15-12-28-31-13-20-40-28/h6-11,13,20-21,26H,2-5,12,14-19,22H2,1H3,(H,33,37). The molecular formula is C30H38N6O3S. The number of hydrogen-bond acceptors (Lipinski definition) is 8. The molecule has 5 rings (SSSR count). The van der Waals surface area contributed by atoms with E-state index in [1.807, 2.05) is 35.8 Å². The van der Waals surface area contributed by atoms with Gasteiger partial charge in [0.2, 0.25) is 5.88 Å². The molecule has 0 spiro atoms. The highest BCUT2D eigenvalue weighted by atomic mass is 32.1. The van der Waals surface area contributed by atoms with E-state index in [4.69, 9.17) is 4.74 Å². The average Bonchev–Trinajstić information content (AvgIpc) is 3.52. The molecule has 2 aromatic heterocycles. The summed E-state index contributed by atoms with van der Waals surface area (Å²) in [6, 6.07) is 11.8. The van der Waals surface area contributed by atoms with E-state index < -0.39 is 6.09 Å². The summed E-state index contributed by atoms with van der Waals surface area (Å²) in [6.07, 6.45) is 8.89. The van der Waals surface area contributed by atoms with Crippen molar-refractivity contribution in [3.05, 3.63) is 70.3 Å². The molecule has 10 heteroatoms. The van der Waals surface area contributed by atoms with Crippen molar-refractivity contribution in [3.63, 3.8) is 0 Å². The largest absolute Gasteiger partial charge is 0.416 e. The quantitative estimate of drug-likeness (QED) is 0.396. The molecule has 0 saturated carbocycles. The highest BCUT2D eigenvalue weighted by molar-refractivity contribution is 7.09. The van der Waals surface area contributed by atoms with Crippen LogP contribution in [0.2, 0.25) is 0 Å². The van der Waals surface area contributed by atoms with Gasteiger partial charge in [-0.25, -0.2) is 14.8 Å². The lowest BCUT2D eigenvalue weighted by Gasteiger charge is -2.35. The number of benzene rings is 1. The molecule has 0 bridgehead atoms. The van der Waals surface area contributed by atoms with Crippen molar-refractivity contribution in [2.45, 2.75) is 51.6 Å². The van der Waals surface area contributed by atoms with Crippen LogP contribution in [-0.2, 0) is 13.0 Å². The third-order valence-electron chi connectivity index (χ3n) is 7.76. The Morgan fingerprint density at radius 2 is 1.85 bits per heavy atom. The summed E-state index contributed by atoms with van der Waals surface area (Å²) in [7, 11) is 0. The molecule has 1 N–H and O–H groups in total. The maximum atomic E-state index is 12.8. The number of thiazole rings is 1. The molecule has 2 aliphatic heterocycles. The van der Waals surface area contributed by atoms with Crippen molar-refractivity contribution in [2.75, 3.05) is 44.6 Å². The van der Waals surface area contributed by atoms with Gasteiger partial charge in [0, 0.05) is 74.9 Å². The van der Waals surface area contributed by atoms with Crippen molar-refractivity contribution < 1.29 is 14.3 Å². The van der Waals surface area contributed by atoms with Crippen LogP contribution >= 0.6 is 11.3 Å². The number of piperidine rings is 1. The molecule has 0 radical (unpaired) electrons. The van der Waals surface area contributed by atoms with Crippen LogP contribution in [0.15, 0.2) is 54.2 Å². The molecule has 2 amide bonds. The van der Waals surface area contributed by atoms with Crippen LogP contribution in [0.3, 0.4) is 0 Å². The second-order valence-corrected chi connectivity index (χ2v) is 11.4. The van der Waals surface area contributed by atoms with Gasteiger partial charge in [-0.1, -0.05) is 25.5 Å². The molecule has 1 aromatic carbocycles. The maximum absolute atomic E-state index is 12.8. The molecule has 1 unspecified atom stereocenters. The predicted octanol–water partition coefficient (Wildman–Crippen LogP) is 4.91. The van der Waals surface area contributed by atoms with E-state index in [2.05, 4.69) is 32.0 Å². The fourth-order valence-corrected chi connectivity index (χ4v) is 5.99. The molecule has 9 nitrogen and oxygen atoms in total. The number of rotatable bonds is 9. The highest BCUT2D eigenvalue weighted by Crippen LogP contribution is 2.22. The molecule has 2 saturated heterocycles. The van der Waals surface area contributed by atoms with Crippen LogP contribution in [0, 0.1) is 0 Å². The second-order valence-electron chi connectivity index (χ2n) is 10.4. The number of hydrogen-bond donors (Lipinski definition) is 1. The van der Waals surface area contributed by atoms with Gasteiger partial charge in [-0.05, 0) is 49.6 Å². The number of carbonyl (C=O) groups excluding carboxylic acids is 2. The van der Waals surface area contributed by atoms with Gasteiger partial charge in [-0.2, -0.15) is 0 Å². The normalized spacial score (nSPS) is 18.4. The molecule has 40 heavy (non-hydrogen) atoms. The molecule has 3 aromatic rings. The van der Waals surface area contributed by atoms with E-state index >= 15 is 0 Å². The summed E-state index contributed by atoms with van der Waals surface area (Å²) >= 11 is 1.67. The Labute approximate surface area is 240 Å². The minimum atomic E-state index is -0.404. The summed E-state index contributed by atoms with van der Waals surface area (Å²) in [5.41, 5.74) is 2.36. The Morgan fingerprint density at radius 1 is 1.02 bits per heavy atom. The summed E-state index contributed by atoms with van der Waals surface area (Å²) in [6.45, 7) is 8.10. The number of nitrogens with zero attached hydrogens (tertiary/aromatic N) is 5. The number of pyridine rings is 1. The van der Waals surface area contributed by atoms with Gasteiger partial charge in [0.25, 0.3) is 5.91 Å². The van der Waals surface area contributed by atoms with Crippen molar-refractivity contribution in [3.8, 4) is 5.88 Å². The SMILES string of the molecule is CCC1CCCCN1Cc1ccc(C(=O)Nc2ccc(OC(=O)N3CCN(CCc4nccs4)CC3)nc2)cc1. The van der Waals surface area contributed by atoms with Crippen LogP contribution < -0.4 is 10.1 Å². The van der Waals surface area contributed by atoms with E-state index in [0.717, 1.165) is 44.2 Å². The van der Waals surface area contributed by atoms with Gasteiger partial charge in [0.15, 0.2) is 0 Å². The number of amides is 2. The average molecular weight is 563 g/mol. The summed E-state index contributed by atoms with van der Waals surface area (Å²) < 4.78 is 5.48. The summed E-state index contributed by atoms with van der Waals surface area (Å²) in [5, 5.41) is 6.01. The lowest BCUT2D eigenvalue weighted by atomic mass is 9.99. The third-order valence-corrected chi connectivity index (χ3v) is 8.60. The highest BCUT2D eigenvalue weighted by Gasteiger charge is 2.23. The molecule has 4 heterocycles. The Kier molecular flexibility index (Phi) is 9.75. The van der Waals surface area contributed by atoms with Gasteiger partial charge in [-0.15, -0.1) is 11.3 Å². The fraction of sp³-hybridized carbons (Fsp3) is 0.467. The smallest absolute Gasteiger partial charge is 0.391 e. The van der Waals surface area contributed by atoms with Crippen molar-refractivity contribution >= 4 is 29.0 Å². The molecule has 2 fully saturated rings. The van der Waals surface area contributed by atoms with Crippen LogP contribution in [0.1, 0.15) is 53.5 Å². The molecule has 2 aliphatic rings. The first-order valence-corrected chi connectivity index (χ1v) is 15.1. The zero-order chi connectivity index (χ0) is 27.7. The number of aromatic nitrogens is 2. The van der Waals surface area contributed by atoms with Crippen molar-refractivity contribution in [1.82, 2.24) is 24.7 Å². The Balaban J connectivity index is 1.05. The number of ether oxygens (including phenoxy) is 1. The first kappa shape index (κ1) is 28.2. The number of likely N-dealkylation sites (tertiary alicyclic amines) is 1. The zero-order valence-electron chi connectivity index (χ0n) is 23.1. The lowest BCUT2D eigenvalue weighted by Crippen LogP contribution is -2.49. The van der Waals surface area contributed by atoms with E-state index in [9.17, 15) is 9.59 Å². The third kappa shape index (κ3) is 7.65. The summed E-state index contributed by atoms with van der Waals surface area (Å²) in [5.74, 6) is 0.0110. The van der Waals surface area contributed by atoms with Crippen LogP contribution in [-0.4, -0.2) is 82.0 Å². The second kappa shape index (κ2) is 13.8. The summed E-state index contributed by atoms with van der Waals surface area (Å²) in [4.78, 5) is 40.5. The van der Waals surface area contributed by atoms with Gasteiger partial charge >= 0.3 is 6.09 Å². The molecule has 0 aliphatic carbocycles. The Morgan fingerprint density at radius 3 is 2.55 bits per heavy atom. The number of piperazine rings is 1. The lowest BCUT2D eigenvalue weighted by molar-refractivity contribution is 0.102. The van der Waals surface area contributed by atoms with E-state index in [1.165, 1.54) is 37.4 Å². The first-order valence-electron chi connectivity index (χ1n) is 14.3. The Bertz CT molecular complexity index is 1230. The number of nitrogens with one attached hydrogen (secondary N) is 1.